The molecule has 0 amide bonds. The van der Waals surface area contributed by atoms with Crippen molar-refractivity contribution in [3.63, 3.8) is 0 Å². The first-order valence-corrected chi connectivity index (χ1v) is 28.0. The molecule has 4 aromatic carbocycles. The monoisotopic (exact) mass is 1290 g/mol. The number of carbonyl (C=O) groups excluding carboxylic acids is 12. The number of hydrogen-bond donors (Lipinski definition) is 0. The van der Waals surface area contributed by atoms with E-state index in [0.717, 1.165) is 52.0 Å². The number of benzene rings is 4. The zero-order valence-electron chi connectivity index (χ0n) is 51.5. The summed E-state index contributed by atoms with van der Waals surface area (Å²) in [6.45, 7) is 5.61. The summed E-state index contributed by atoms with van der Waals surface area (Å²) in [5, 5.41) is 0. The molecule has 0 spiro atoms. The van der Waals surface area contributed by atoms with Crippen LogP contribution >= 0.6 is 0 Å². The molecule has 0 radical (unpaired) electrons. The molecule has 2 fully saturated rings. The fourth-order valence-electron chi connectivity index (χ4n) is 8.91. The van der Waals surface area contributed by atoms with Gasteiger partial charge in [-0.3, -0.25) is 38.4 Å². The van der Waals surface area contributed by atoms with Crippen molar-refractivity contribution in [2.24, 2.45) is 0 Å². The first kappa shape index (κ1) is 71.2. The van der Waals surface area contributed by atoms with Gasteiger partial charge in [-0.05, 0) is 95.1 Å². The second kappa shape index (κ2) is 33.8. The van der Waals surface area contributed by atoms with Crippen LogP contribution in [0.25, 0.3) is 24.3 Å². The van der Waals surface area contributed by atoms with Gasteiger partial charge in [-0.15, -0.1) is 0 Å². The van der Waals surface area contributed by atoms with Gasteiger partial charge in [0.1, 0.15) is 49.3 Å². The fraction of sp³-hybridized carbons (Fsp3) is 0.323. The Morgan fingerprint density at radius 2 is 0.785 bits per heavy atom. The number of methoxy groups -OCH3 is 1. The molecule has 2 saturated heterocycles. The molecule has 93 heavy (non-hydrogen) atoms. The van der Waals surface area contributed by atoms with Crippen LogP contribution in [0.1, 0.15) is 77.6 Å². The molecule has 0 N–H and O–H groups in total. The fourth-order valence-corrected chi connectivity index (χ4v) is 8.91. The average Bonchev–Trinajstić information content (AvgIpc) is 1.65. The van der Waals surface area contributed by atoms with Gasteiger partial charge in [-0.1, -0.05) is 42.5 Å². The molecule has 2 heterocycles. The Hall–Kier alpha value is -10.8. The Kier molecular flexibility index (Phi) is 25.9. The van der Waals surface area contributed by atoms with E-state index in [9.17, 15) is 57.5 Å². The van der Waals surface area contributed by atoms with Crippen LogP contribution in [0.2, 0.25) is 0 Å². The molecule has 492 valence electrons. The van der Waals surface area contributed by atoms with Crippen molar-refractivity contribution >= 4 is 95.9 Å². The van der Waals surface area contributed by atoms with Gasteiger partial charge in [-0.2, -0.15) is 0 Å². The summed E-state index contributed by atoms with van der Waals surface area (Å²) in [6, 6.07) is 21.9. The lowest BCUT2D eigenvalue weighted by Gasteiger charge is -2.46. The maximum Gasteiger partial charge on any atom is 0.331 e. The van der Waals surface area contributed by atoms with E-state index >= 15 is 0 Å². The molecule has 28 heteroatoms. The molecule has 0 saturated carbocycles. The van der Waals surface area contributed by atoms with E-state index in [4.69, 9.17) is 75.8 Å². The molecular formula is C65H64O28. The van der Waals surface area contributed by atoms with Gasteiger partial charge < -0.3 is 75.8 Å². The number of ether oxygens (including phenoxy) is 16. The van der Waals surface area contributed by atoms with Crippen LogP contribution in [0.4, 0.5) is 0 Å². The molecule has 9 atom stereocenters. The highest BCUT2D eigenvalue weighted by Crippen LogP contribution is 2.42. The van der Waals surface area contributed by atoms with Gasteiger partial charge >= 0.3 is 71.6 Å². The second-order valence-electron chi connectivity index (χ2n) is 20.0. The van der Waals surface area contributed by atoms with Crippen LogP contribution in [0.15, 0.2) is 115 Å². The highest BCUT2D eigenvalue weighted by atomic mass is 16.8. The van der Waals surface area contributed by atoms with Gasteiger partial charge in [-0.25, -0.2) is 19.2 Å². The first-order valence-electron chi connectivity index (χ1n) is 28.0. The standard InChI is InChI=1S/C65H64O28/c1-36(66)82-48-21-10-44(11-22-48)17-28-55(74)80-34-54-60(87-41(6)71)63(91-58(77)31-19-46-14-25-50(26-15-46)84-38(3)68)65(92-54,35-81-57(76)29-18-45-12-23-49(24-13-45)83-37(2)67)93-64-62(89-43(8)73)61(88-42(7)72)59(86-40(5)70)53(90-64)33-79-56(75)30-20-47-16-27-51(85-39(4)69)52(32-47)78-9/h10-32,53-54,59-64H,33-35H2,1-9H3/b28-17+,29-18+,30-20+,31-19+/t53-,54-,59-,60-,61+,62-,63+,64+,65+/m1/s1. The third-order valence-electron chi connectivity index (χ3n) is 12.5. The maximum atomic E-state index is 14.3. The summed E-state index contributed by atoms with van der Waals surface area (Å²) in [5.74, 6) is -13.3. The molecule has 0 bridgehead atoms. The van der Waals surface area contributed by atoms with Gasteiger partial charge in [0.2, 0.25) is 12.1 Å². The summed E-state index contributed by atoms with van der Waals surface area (Å²) in [4.78, 5) is 154. The van der Waals surface area contributed by atoms with Crippen LogP contribution in [-0.4, -0.2) is 153 Å². The molecule has 0 aromatic heterocycles. The zero-order chi connectivity index (χ0) is 67.9. The molecule has 28 nitrogen and oxygen atoms in total. The highest BCUT2D eigenvalue weighted by molar-refractivity contribution is 5.89. The van der Waals surface area contributed by atoms with Gasteiger partial charge in [0.25, 0.3) is 0 Å². The lowest BCUT2D eigenvalue weighted by molar-refractivity contribution is -0.384. The van der Waals surface area contributed by atoms with Gasteiger partial charge in [0.15, 0.2) is 42.0 Å². The van der Waals surface area contributed by atoms with Crippen molar-refractivity contribution < 1.29 is 133 Å². The summed E-state index contributed by atoms with van der Waals surface area (Å²) >= 11 is 0. The SMILES string of the molecule is COc1cc(/C=C/C(=O)OC[C@H]2O[C@@H](O[C@]3(COC(=O)/C=C/c4ccc(OC(C)=O)cc4)O[C@H](COC(=O)/C=C/c4ccc(OC(C)=O)cc4)[C@@H](OC(C)=O)[C@@H]3OC(=O)/C=C/c3ccc(OC(C)=O)cc3)[C@H](OC(C)=O)[C@@H](OC(C)=O)[C@@H]2OC(C)=O)ccc1OC(C)=O. The average molecular weight is 1290 g/mol. The maximum absolute atomic E-state index is 14.3. The Morgan fingerprint density at radius 3 is 1.23 bits per heavy atom. The van der Waals surface area contributed by atoms with Crippen LogP contribution in [0.3, 0.4) is 0 Å². The zero-order valence-corrected chi connectivity index (χ0v) is 51.5. The minimum absolute atomic E-state index is 0.0816. The lowest BCUT2D eigenvalue weighted by Crippen LogP contribution is -2.65. The van der Waals surface area contributed by atoms with E-state index in [-0.39, 0.29) is 28.7 Å². The Balaban J connectivity index is 1.46. The molecule has 2 aliphatic heterocycles. The van der Waals surface area contributed by atoms with E-state index < -0.39 is 146 Å². The topological polar surface area (TPSA) is 353 Å². The third kappa shape index (κ3) is 22.6. The Labute approximate surface area is 531 Å². The lowest BCUT2D eigenvalue weighted by atomic mass is 9.97. The van der Waals surface area contributed by atoms with Crippen molar-refractivity contribution in [1.29, 1.82) is 0 Å². The number of carbonyl (C=O) groups is 12. The van der Waals surface area contributed by atoms with Gasteiger partial charge in [0.05, 0.1) is 7.11 Å². The predicted octanol–water partition coefficient (Wildman–Crippen LogP) is 5.65. The summed E-state index contributed by atoms with van der Waals surface area (Å²) in [5.41, 5.74) is 1.52. The molecule has 0 unspecified atom stereocenters. The minimum Gasteiger partial charge on any atom is -0.493 e. The van der Waals surface area contributed by atoms with Crippen LogP contribution in [-0.2, 0) is 110 Å². The normalized spacial score (nSPS) is 20.8. The largest absolute Gasteiger partial charge is 0.493 e. The van der Waals surface area contributed by atoms with Crippen molar-refractivity contribution in [3.8, 4) is 28.7 Å². The van der Waals surface area contributed by atoms with Crippen molar-refractivity contribution in [1.82, 2.24) is 0 Å². The minimum atomic E-state index is -2.92. The summed E-state index contributed by atoms with van der Waals surface area (Å²) in [6.07, 6.45) is -6.79. The molecular weight excluding hydrogens is 1230 g/mol. The second-order valence-corrected chi connectivity index (χ2v) is 20.0. The van der Waals surface area contributed by atoms with E-state index in [1.807, 2.05) is 0 Å². The highest BCUT2D eigenvalue weighted by Gasteiger charge is 2.65. The predicted molar refractivity (Wildman–Crippen MR) is 316 cm³/mol. The van der Waals surface area contributed by atoms with Crippen LogP contribution in [0, 0.1) is 0 Å². The molecule has 2 aliphatic rings. The van der Waals surface area contributed by atoms with Crippen LogP contribution < -0.4 is 23.7 Å². The van der Waals surface area contributed by atoms with Crippen molar-refractivity contribution in [2.45, 2.75) is 110 Å². The third-order valence-corrected chi connectivity index (χ3v) is 12.5. The molecule has 6 rings (SSSR count). The van der Waals surface area contributed by atoms with Crippen LogP contribution in [0.5, 0.6) is 28.7 Å². The van der Waals surface area contributed by atoms with Crippen molar-refractivity contribution in [2.75, 3.05) is 26.9 Å². The van der Waals surface area contributed by atoms with Crippen molar-refractivity contribution in [3.05, 3.63) is 138 Å². The molecule has 0 aliphatic carbocycles. The van der Waals surface area contributed by atoms with E-state index in [2.05, 4.69) is 0 Å². The Morgan fingerprint density at radius 1 is 0.398 bits per heavy atom. The number of esters is 12. The van der Waals surface area contributed by atoms with Gasteiger partial charge in [0, 0.05) is 79.7 Å². The number of hydrogen-bond acceptors (Lipinski definition) is 28. The summed E-state index contributed by atoms with van der Waals surface area (Å²) < 4.78 is 91.1. The van der Waals surface area contributed by atoms with E-state index in [0.29, 0.717) is 22.3 Å². The first-order chi connectivity index (χ1) is 44.2. The summed E-state index contributed by atoms with van der Waals surface area (Å²) in [7, 11) is 1.32. The van der Waals surface area contributed by atoms with E-state index in [1.165, 1.54) is 150 Å². The smallest absolute Gasteiger partial charge is 0.331 e. The van der Waals surface area contributed by atoms with E-state index in [1.54, 1.807) is 0 Å². The quantitative estimate of drug-likeness (QED) is 0.0317. The number of rotatable bonds is 26. The Bertz CT molecular complexity index is 3530. The molecule has 4 aromatic rings.